The van der Waals surface area contributed by atoms with E-state index in [1.54, 1.807) is 25.3 Å². The highest BCUT2D eigenvalue weighted by Gasteiger charge is 2.05. The Bertz CT molecular complexity index is 736. The molecule has 0 unspecified atom stereocenters. The molecule has 5 nitrogen and oxygen atoms in total. The van der Waals surface area contributed by atoms with Gasteiger partial charge in [-0.2, -0.15) is 0 Å². The molecule has 126 valence electrons. The molecular formula is C17H16Cl2N2O3. The lowest BCUT2D eigenvalue weighted by Gasteiger charge is -2.09. The molecule has 2 aromatic rings. The maximum atomic E-state index is 11.8. The van der Waals surface area contributed by atoms with Crippen molar-refractivity contribution in [1.29, 1.82) is 0 Å². The molecule has 0 aliphatic carbocycles. The largest absolute Gasteiger partial charge is 0.496 e. The molecule has 24 heavy (non-hydrogen) atoms. The van der Waals surface area contributed by atoms with Crippen LogP contribution in [0.15, 0.2) is 47.6 Å². The average molecular weight is 367 g/mol. The molecule has 0 bridgehead atoms. The molecule has 0 spiro atoms. The van der Waals surface area contributed by atoms with Gasteiger partial charge in [-0.15, -0.1) is 0 Å². The minimum absolute atomic E-state index is 0.205. The minimum Gasteiger partial charge on any atom is -0.496 e. The van der Waals surface area contributed by atoms with Gasteiger partial charge in [-0.05, 0) is 12.1 Å². The van der Waals surface area contributed by atoms with E-state index in [1.165, 1.54) is 6.21 Å². The van der Waals surface area contributed by atoms with E-state index in [9.17, 15) is 4.79 Å². The monoisotopic (exact) mass is 366 g/mol. The first-order chi connectivity index (χ1) is 11.6. The molecule has 2 aromatic carbocycles. The van der Waals surface area contributed by atoms with Crippen LogP contribution in [0.25, 0.3) is 0 Å². The van der Waals surface area contributed by atoms with Gasteiger partial charge >= 0.3 is 0 Å². The van der Waals surface area contributed by atoms with Gasteiger partial charge < -0.3 is 14.9 Å². The number of methoxy groups -OCH3 is 1. The summed E-state index contributed by atoms with van der Waals surface area (Å²) in [4.78, 5) is 16.7. The molecule has 0 aliphatic rings. The summed E-state index contributed by atoms with van der Waals surface area (Å²) in [6, 6.07) is 12.6. The fourth-order valence-corrected chi connectivity index (χ4v) is 2.26. The summed E-state index contributed by atoms with van der Waals surface area (Å²) in [5.41, 5.74) is 1.49. The average Bonchev–Trinajstić information content (AvgIpc) is 2.60. The van der Waals surface area contributed by atoms with Crippen LogP contribution >= 0.6 is 23.2 Å². The zero-order chi connectivity index (χ0) is 17.4. The van der Waals surface area contributed by atoms with E-state index in [0.29, 0.717) is 27.9 Å². The Labute approximate surface area is 150 Å². The van der Waals surface area contributed by atoms with Crippen LogP contribution < -0.4 is 10.1 Å². The summed E-state index contributed by atoms with van der Waals surface area (Å²) in [5, 5.41) is 7.25. The smallest absolute Gasteiger partial charge is 0.261 e. The zero-order valence-corrected chi connectivity index (χ0v) is 14.5. The Morgan fingerprint density at radius 2 is 2.00 bits per heavy atom. The molecule has 1 amide bonds. The standard InChI is InChI=1S/C17H16Cl2N2O3/c1-23-15-8-3-2-5-12(15)9-20-16(22)11-24-21-10-13-6-4-7-14(18)17(13)19/h2-8,10H,9,11H2,1H3,(H,20,22)/b21-10-. The topological polar surface area (TPSA) is 59.9 Å². The van der Waals surface area contributed by atoms with Crippen LogP contribution in [0.4, 0.5) is 0 Å². The van der Waals surface area contributed by atoms with Crippen molar-refractivity contribution in [3.8, 4) is 5.75 Å². The van der Waals surface area contributed by atoms with Gasteiger partial charge in [0, 0.05) is 17.7 Å². The maximum Gasteiger partial charge on any atom is 0.261 e. The molecular weight excluding hydrogens is 351 g/mol. The fraction of sp³-hybridized carbons (Fsp3) is 0.176. The number of nitrogens with zero attached hydrogens (tertiary/aromatic N) is 1. The highest BCUT2D eigenvalue weighted by atomic mass is 35.5. The summed E-state index contributed by atoms with van der Waals surface area (Å²) < 4.78 is 5.22. The number of carbonyl (C=O) groups is 1. The van der Waals surface area contributed by atoms with Gasteiger partial charge in [0.15, 0.2) is 6.61 Å². The molecule has 0 saturated carbocycles. The summed E-state index contributed by atoms with van der Waals surface area (Å²) in [6.45, 7) is 0.139. The second-order valence-corrected chi connectivity index (χ2v) is 5.52. The van der Waals surface area contributed by atoms with Gasteiger partial charge in [-0.3, -0.25) is 4.79 Å². The Balaban J connectivity index is 1.79. The normalized spacial score (nSPS) is 10.6. The highest BCUT2D eigenvalue weighted by Crippen LogP contribution is 2.24. The lowest BCUT2D eigenvalue weighted by Crippen LogP contribution is -2.26. The van der Waals surface area contributed by atoms with Crippen molar-refractivity contribution in [3.63, 3.8) is 0 Å². The zero-order valence-electron chi connectivity index (χ0n) is 13.0. The van der Waals surface area contributed by atoms with E-state index in [1.807, 2.05) is 24.3 Å². The summed E-state index contributed by atoms with van der Waals surface area (Å²) >= 11 is 11.9. The van der Waals surface area contributed by atoms with E-state index < -0.39 is 0 Å². The number of oxime groups is 1. The van der Waals surface area contributed by atoms with Crippen LogP contribution in [0.2, 0.25) is 10.0 Å². The molecule has 2 rings (SSSR count). The van der Waals surface area contributed by atoms with Crippen molar-refractivity contribution < 1.29 is 14.4 Å². The Morgan fingerprint density at radius 1 is 1.21 bits per heavy atom. The molecule has 0 atom stereocenters. The quantitative estimate of drug-likeness (QED) is 0.600. The van der Waals surface area contributed by atoms with E-state index in [2.05, 4.69) is 10.5 Å². The maximum absolute atomic E-state index is 11.8. The third kappa shape index (κ3) is 5.15. The Kier molecular flexibility index (Phi) is 6.90. The van der Waals surface area contributed by atoms with Crippen LogP contribution in [0.5, 0.6) is 5.75 Å². The van der Waals surface area contributed by atoms with Crippen LogP contribution in [-0.4, -0.2) is 25.8 Å². The number of carbonyl (C=O) groups excluding carboxylic acids is 1. The Morgan fingerprint density at radius 3 is 2.79 bits per heavy atom. The van der Waals surface area contributed by atoms with Gasteiger partial charge in [0.25, 0.3) is 5.91 Å². The number of hydrogen-bond acceptors (Lipinski definition) is 4. The molecule has 0 aliphatic heterocycles. The second kappa shape index (κ2) is 9.15. The van der Waals surface area contributed by atoms with E-state index >= 15 is 0 Å². The van der Waals surface area contributed by atoms with Crippen LogP contribution in [0.1, 0.15) is 11.1 Å². The van der Waals surface area contributed by atoms with Gasteiger partial charge in [-0.25, -0.2) is 0 Å². The van der Waals surface area contributed by atoms with E-state index in [-0.39, 0.29) is 12.5 Å². The highest BCUT2D eigenvalue weighted by molar-refractivity contribution is 6.43. The third-order valence-electron chi connectivity index (χ3n) is 3.11. The minimum atomic E-state index is -0.296. The number of nitrogens with one attached hydrogen (secondary N) is 1. The van der Waals surface area contributed by atoms with Gasteiger partial charge in [0.1, 0.15) is 5.75 Å². The number of ether oxygens (including phenoxy) is 1. The third-order valence-corrected chi connectivity index (χ3v) is 3.95. The second-order valence-electron chi connectivity index (χ2n) is 4.74. The van der Waals surface area contributed by atoms with Crippen molar-refractivity contribution in [2.75, 3.05) is 13.7 Å². The summed E-state index contributed by atoms with van der Waals surface area (Å²) in [6.07, 6.45) is 1.40. The van der Waals surface area contributed by atoms with E-state index in [4.69, 9.17) is 32.8 Å². The number of rotatable bonds is 7. The molecule has 0 radical (unpaired) electrons. The van der Waals surface area contributed by atoms with Crippen molar-refractivity contribution in [2.45, 2.75) is 6.54 Å². The van der Waals surface area contributed by atoms with Gasteiger partial charge in [-0.1, -0.05) is 58.7 Å². The first-order valence-electron chi connectivity index (χ1n) is 7.09. The lowest BCUT2D eigenvalue weighted by molar-refractivity contribution is -0.125. The molecule has 0 heterocycles. The van der Waals surface area contributed by atoms with Gasteiger partial charge in [0.05, 0.1) is 23.4 Å². The van der Waals surface area contributed by atoms with Crippen LogP contribution in [-0.2, 0) is 16.2 Å². The molecule has 1 N–H and O–H groups in total. The van der Waals surface area contributed by atoms with Gasteiger partial charge in [0.2, 0.25) is 0 Å². The predicted octanol–water partition coefficient (Wildman–Crippen LogP) is 3.67. The summed E-state index contributed by atoms with van der Waals surface area (Å²) in [7, 11) is 1.58. The number of hydrogen-bond donors (Lipinski definition) is 1. The fourth-order valence-electron chi connectivity index (χ4n) is 1.90. The first kappa shape index (κ1) is 18.1. The number of amides is 1. The van der Waals surface area contributed by atoms with Crippen LogP contribution in [0.3, 0.4) is 0 Å². The van der Waals surface area contributed by atoms with Crippen molar-refractivity contribution in [1.82, 2.24) is 5.32 Å². The van der Waals surface area contributed by atoms with Crippen molar-refractivity contribution in [3.05, 3.63) is 63.6 Å². The summed E-state index contributed by atoms with van der Waals surface area (Å²) in [5.74, 6) is 0.419. The number of benzene rings is 2. The molecule has 0 fully saturated rings. The first-order valence-corrected chi connectivity index (χ1v) is 7.85. The lowest BCUT2D eigenvalue weighted by atomic mass is 10.2. The number of halogens is 2. The van der Waals surface area contributed by atoms with Crippen molar-refractivity contribution >= 4 is 35.3 Å². The number of para-hydroxylation sites is 1. The molecule has 0 saturated heterocycles. The SMILES string of the molecule is COc1ccccc1CNC(=O)CO/N=C\c1cccc(Cl)c1Cl. The molecule has 0 aromatic heterocycles. The predicted molar refractivity (Wildman–Crippen MR) is 94.8 cm³/mol. The van der Waals surface area contributed by atoms with E-state index in [0.717, 1.165) is 5.56 Å². The molecule has 7 heteroatoms. The van der Waals surface area contributed by atoms with Crippen LogP contribution in [0, 0.1) is 0 Å². The Hall–Kier alpha value is -2.24. The van der Waals surface area contributed by atoms with Crippen molar-refractivity contribution in [2.24, 2.45) is 5.16 Å².